The van der Waals surface area contributed by atoms with E-state index in [1.165, 1.54) is 32.4 Å². The SMILES string of the molecule is CCC1(CC)CCN(CCN=[N+]=[N-])C1. The largest absolute Gasteiger partial charge is 0.303 e. The van der Waals surface area contributed by atoms with Crippen LogP contribution in [0.2, 0.25) is 0 Å². The molecule has 0 aromatic heterocycles. The molecule has 0 radical (unpaired) electrons. The van der Waals surface area contributed by atoms with Gasteiger partial charge in [-0.25, -0.2) is 0 Å². The average Bonchev–Trinajstić information content (AvgIpc) is 2.63. The zero-order chi connectivity index (χ0) is 10.4. The Morgan fingerprint density at radius 3 is 2.64 bits per heavy atom. The van der Waals surface area contributed by atoms with Crippen LogP contribution in [0.3, 0.4) is 0 Å². The Balaban J connectivity index is 2.36. The highest BCUT2D eigenvalue weighted by atomic mass is 15.2. The molecule has 0 N–H and O–H groups in total. The van der Waals surface area contributed by atoms with Crippen molar-refractivity contribution < 1.29 is 0 Å². The lowest BCUT2D eigenvalue weighted by Crippen LogP contribution is -2.28. The normalized spacial score (nSPS) is 20.7. The van der Waals surface area contributed by atoms with Crippen molar-refractivity contribution >= 4 is 0 Å². The fraction of sp³-hybridized carbons (Fsp3) is 1.00. The van der Waals surface area contributed by atoms with Crippen LogP contribution in [-0.4, -0.2) is 31.1 Å². The molecule has 1 aliphatic heterocycles. The van der Waals surface area contributed by atoms with Gasteiger partial charge in [-0.15, -0.1) is 0 Å². The monoisotopic (exact) mass is 196 g/mol. The van der Waals surface area contributed by atoms with Gasteiger partial charge in [0.1, 0.15) is 0 Å². The van der Waals surface area contributed by atoms with E-state index < -0.39 is 0 Å². The molecule has 1 heterocycles. The van der Waals surface area contributed by atoms with Crippen molar-refractivity contribution in [3.8, 4) is 0 Å². The number of hydrogen-bond acceptors (Lipinski definition) is 2. The van der Waals surface area contributed by atoms with Crippen LogP contribution >= 0.6 is 0 Å². The van der Waals surface area contributed by atoms with E-state index in [0.717, 1.165) is 6.54 Å². The van der Waals surface area contributed by atoms with E-state index in [1.807, 2.05) is 0 Å². The summed E-state index contributed by atoms with van der Waals surface area (Å²) < 4.78 is 0. The Morgan fingerprint density at radius 1 is 1.43 bits per heavy atom. The first kappa shape index (κ1) is 11.3. The molecule has 0 saturated carbocycles. The van der Waals surface area contributed by atoms with E-state index in [9.17, 15) is 0 Å². The molecule has 0 atom stereocenters. The fourth-order valence-corrected chi connectivity index (χ4v) is 2.28. The maximum absolute atomic E-state index is 8.18. The Hall–Kier alpha value is -0.730. The van der Waals surface area contributed by atoms with Gasteiger partial charge in [0.05, 0.1) is 0 Å². The van der Waals surface area contributed by atoms with Gasteiger partial charge in [0.2, 0.25) is 0 Å². The summed E-state index contributed by atoms with van der Waals surface area (Å²) in [6.45, 7) is 8.44. The first-order valence-corrected chi connectivity index (χ1v) is 5.49. The van der Waals surface area contributed by atoms with Crippen LogP contribution in [0.1, 0.15) is 33.1 Å². The van der Waals surface area contributed by atoms with Gasteiger partial charge in [0.25, 0.3) is 0 Å². The summed E-state index contributed by atoms with van der Waals surface area (Å²) in [6.07, 6.45) is 3.83. The molecule has 0 bridgehead atoms. The third kappa shape index (κ3) is 2.63. The molecule has 0 spiro atoms. The van der Waals surface area contributed by atoms with E-state index in [2.05, 4.69) is 28.8 Å². The predicted octanol–water partition coefficient (Wildman–Crippen LogP) is 2.81. The summed E-state index contributed by atoms with van der Waals surface area (Å²) >= 11 is 0. The highest BCUT2D eigenvalue weighted by molar-refractivity contribution is 4.87. The summed E-state index contributed by atoms with van der Waals surface area (Å²) in [5, 5.41) is 3.57. The number of nitrogens with zero attached hydrogens (tertiary/aromatic N) is 4. The maximum Gasteiger partial charge on any atom is 0.0385 e. The Bertz CT molecular complexity index is 216. The lowest BCUT2D eigenvalue weighted by molar-refractivity contribution is 0.243. The lowest BCUT2D eigenvalue weighted by atomic mass is 9.82. The fourth-order valence-electron chi connectivity index (χ4n) is 2.28. The number of azide groups is 1. The molecule has 80 valence electrons. The standard InChI is InChI=1S/C10H20N4/c1-3-10(4-2)5-7-14(9-10)8-6-12-13-11/h3-9H2,1-2H3. The zero-order valence-corrected chi connectivity index (χ0v) is 9.24. The van der Waals surface area contributed by atoms with Gasteiger partial charge in [-0.05, 0) is 36.8 Å². The van der Waals surface area contributed by atoms with Crippen molar-refractivity contribution in [2.24, 2.45) is 10.5 Å². The quantitative estimate of drug-likeness (QED) is 0.379. The van der Waals surface area contributed by atoms with Crippen LogP contribution in [0, 0.1) is 5.41 Å². The molecule has 0 aromatic rings. The Kier molecular flexibility index (Phi) is 4.23. The predicted molar refractivity (Wildman–Crippen MR) is 58.1 cm³/mol. The molecule has 0 aromatic carbocycles. The van der Waals surface area contributed by atoms with E-state index in [0.29, 0.717) is 12.0 Å². The highest BCUT2D eigenvalue weighted by Crippen LogP contribution is 2.36. The summed E-state index contributed by atoms with van der Waals surface area (Å²) in [5.41, 5.74) is 8.71. The van der Waals surface area contributed by atoms with Gasteiger partial charge in [0.15, 0.2) is 0 Å². The minimum atomic E-state index is 0.538. The molecule has 4 heteroatoms. The van der Waals surface area contributed by atoms with Crippen molar-refractivity contribution in [1.29, 1.82) is 0 Å². The highest BCUT2D eigenvalue weighted by Gasteiger charge is 2.34. The van der Waals surface area contributed by atoms with Crippen LogP contribution in [0.5, 0.6) is 0 Å². The molecule has 1 fully saturated rings. The van der Waals surface area contributed by atoms with Gasteiger partial charge in [-0.1, -0.05) is 19.0 Å². The van der Waals surface area contributed by atoms with Crippen molar-refractivity contribution in [3.05, 3.63) is 10.4 Å². The molecule has 1 aliphatic rings. The molecule has 0 amide bonds. The van der Waals surface area contributed by atoms with Crippen molar-refractivity contribution in [2.75, 3.05) is 26.2 Å². The Labute approximate surface area is 85.9 Å². The first-order valence-electron chi connectivity index (χ1n) is 5.49. The second-order valence-electron chi connectivity index (χ2n) is 4.19. The number of hydrogen-bond donors (Lipinski definition) is 0. The molecule has 1 saturated heterocycles. The minimum Gasteiger partial charge on any atom is -0.303 e. The van der Waals surface area contributed by atoms with Gasteiger partial charge in [-0.3, -0.25) is 0 Å². The summed E-state index contributed by atoms with van der Waals surface area (Å²) in [6, 6.07) is 0. The van der Waals surface area contributed by atoms with Gasteiger partial charge >= 0.3 is 0 Å². The molecule has 1 rings (SSSR count). The van der Waals surface area contributed by atoms with E-state index >= 15 is 0 Å². The van der Waals surface area contributed by atoms with Crippen molar-refractivity contribution in [1.82, 2.24) is 4.90 Å². The zero-order valence-electron chi connectivity index (χ0n) is 9.24. The van der Waals surface area contributed by atoms with Crippen molar-refractivity contribution in [3.63, 3.8) is 0 Å². The van der Waals surface area contributed by atoms with Gasteiger partial charge in [0, 0.05) is 24.5 Å². The first-order chi connectivity index (χ1) is 6.76. The molecule has 0 unspecified atom stereocenters. The van der Waals surface area contributed by atoms with Crippen LogP contribution in [0.25, 0.3) is 10.4 Å². The van der Waals surface area contributed by atoms with Crippen LogP contribution in [-0.2, 0) is 0 Å². The lowest BCUT2D eigenvalue weighted by Gasteiger charge is -2.26. The van der Waals surface area contributed by atoms with E-state index in [1.54, 1.807) is 0 Å². The van der Waals surface area contributed by atoms with Crippen LogP contribution in [0.4, 0.5) is 0 Å². The topological polar surface area (TPSA) is 52.0 Å². The average molecular weight is 196 g/mol. The smallest absolute Gasteiger partial charge is 0.0385 e. The second-order valence-corrected chi connectivity index (χ2v) is 4.19. The summed E-state index contributed by atoms with van der Waals surface area (Å²) in [4.78, 5) is 5.19. The molecular formula is C10H20N4. The van der Waals surface area contributed by atoms with Gasteiger partial charge in [-0.2, -0.15) is 0 Å². The minimum absolute atomic E-state index is 0.538. The van der Waals surface area contributed by atoms with Crippen LogP contribution in [0.15, 0.2) is 5.11 Å². The molecule has 14 heavy (non-hydrogen) atoms. The van der Waals surface area contributed by atoms with E-state index in [-0.39, 0.29) is 0 Å². The third-order valence-corrected chi connectivity index (χ3v) is 3.60. The number of likely N-dealkylation sites (tertiary alicyclic amines) is 1. The summed E-state index contributed by atoms with van der Waals surface area (Å²) in [7, 11) is 0. The summed E-state index contributed by atoms with van der Waals surface area (Å²) in [5.74, 6) is 0. The Morgan fingerprint density at radius 2 is 2.14 bits per heavy atom. The molecular weight excluding hydrogens is 176 g/mol. The van der Waals surface area contributed by atoms with Crippen LogP contribution < -0.4 is 0 Å². The maximum atomic E-state index is 8.18. The molecule has 4 nitrogen and oxygen atoms in total. The van der Waals surface area contributed by atoms with Crippen molar-refractivity contribution in [2.45, 2.75) is 33.1 Å². The second kappa shape index (κ2) is 5.23. The molecule has 0 aliphatic carbocycles. The van der Waals surface area contributed by atoms with E-state index in [4.69, 9.17) is 5.53 Å². The number of rotatable bonds is 5. The van der Waals surface area contributed by atoms with Gasteiger partial charge < -0.3 is 4.90 Å². The third-order valence-electron chi connectivity index (χ3n) is 3.60.